The summed E-state index contributed by atoms with van der Waals surface area (Å²) in [5.41, 5.74) is 1.56. The number of unbranched alkanes of at least 4 members (excludes halogenated alkanes) is 1. The molecule has 0 aliphatic rings. The third-order valence-electron chi connectivity index (χ3n) is 3.40. The Bertz CT molecular complexity index is 655. The molecule has 20 heavy (non-hydrogen) atoms. The van der Waals surface area contributed by atoms with E-state index < -0.39 is 0 Å². The van der Waals surface area contributed by atoms with E-state index in [0.29, 0.717) is 13.1 Å². The zero-order valence-corrected chi connectivity index (χ0v) is 12.1. The van der Waals surface area contributed by atoms with Gasteiger partial charge >= 0.3 is 5.69 Å². The second-order valence-electron chi connectivity index (χ2n) is 4.81. The van der Waals surface area contributed by atoms with Crippen LogP contribution in [-0.2, 0) is 17.9 Å². The molecule has 0 aliphatic carbocycles. The number of hydrogen-bond donors (Lipinski definition) is 1. The molecule has 108 valence electrons. The Morgan fingerprint density at radius 3 is 2.40 bits per heavy atom. The zero-order chi connectivity index (χ0) is 14.5. The van der Waals surface area contributed by atoms with E-state index in [1.165, 1.54) is 0 Å². The van der Waals surface area contributed by atoms with Gasteiger partial charge in [0.05, 0.1) is 11.0 Å². The number of rotatable bonds is 6. The number of para-hydroxylation sites is 2. The number of benzene rings is 1. The highest BCUT2D eigenvalue weighted by molar-refractivity contribution is 5.80. The van der Waals surface area contributed by atoms with Gasteiger partial charge in [-0.05, 0) is 25.5 Å². The maximum absolute atomic E-state index is 12.3. The Hall–Kier alpha value is -2.04. The molecule has 0 spiro atoms. The number of fused-ring (bicyclic) bond motifs is 1. The molecule has 5 heteroatoms. The number of carbonyl (C=O) groups is 1. The predicted molar refractivity (Wildman–Crippen MR) is 79.8 cm³/mol. The number of carbonyl (C=O) groups excluding carboxylic acids is 1. The molecule has 0 saturated carbocycles. The minimum Gasteiger partial charge on any atom is -0.355 e. The van der Waals surface area contributed by atoms with Gasteiger partial charge in [0.1, 0.15) is 6.54 Å². The zero-order valence-electron chi connectivity index (χ0n) is 12.1. The molecule has 1 aromatic heterocycles. The molecular weight excluding hydrogens is 254 g/mol. The molecule has 0 atom stereocenters. The molecule has 0 unspecified atom stereocenters. The van der Waals surface area contributed by atoms with Gasteiger partial charge in [-0.2, -0.15) is 0 Å². The van der Waals surface area contributed by atoms with E-state index >= 15 is 0 Å². The normalized spacial score (nSPS) is 10.9. The van der Waals surface area contributed by atoms with E-state index in [4.69, 9.17) is 0 Å². The molecular formula is C15H21N3O2. The molecule has 0 saturated heterocycles. The van der Waals surface area contributed by atoms with Crippen LogP contribution in [0, 0.1) is 0 Å². The summed E-state index contributed by atoms with van der Waals surface area (Å²) in [6.07, 6.45) is 1.99. The van der Waals surface area contributed by atoms with E-state index in [-0.39, 0.29) is 18.1 Å². The molecule has 0 fully saturated rings. The SMILES string of the molecule is CCCCNC(=O)Cn1c(=O)n(CC)c2ccccc21. The third kappa shape index (κ3) is 2.76. The molecule has 5 nitrogen and oxygen atoms in total. The van der Waals surface area contributed by atoms with E-state index in [9.17, 15) is 9.59 Å². The molecule has 1 aromatic carbocycles. The first-order valence-electron chi connectivity index (χ1n) is 7.13. The van der Waals surface area contributed by atoms with Crippen molar-refractivity contribution in [1.29, 1.82) is 0 Å². The standard InChI is InChI=1S/C15H21N3O2/c1-3-5-10-16-14(19)11-18-13-9-7-6-8-12(13)17(4-2)15(18)20/h6-9H,3-5,10-11H2,1-2H3,(H,16,19). The van der Waals surface area contributed by atoms with Crippen molar-refractivity contribution in [3.05, 3.63) is 34.7 Å². The first-order valence-corrected chi connectivity index (χ1v) is 7.13. The van der Waals surface area contributed by atoms with E-state index in [0.717, 1.165) is 23.9 Å². The Kier molecular flexibility index (Phi) is 4.61. The van der Waals surface area contributed by atoms with Gasteiger partial charge in [-0.25, -0.2) is 4.79 Å². The number of hydrogen-bond acceptors (Lipinski definition) is 2. The Balaban J connectivity index is 2.28. The van der Waals surface area contributed by atoms with Crippen LogP contribution >= 0.6 is 0 Å². The lowest BCUT2D eigenvalue weighted by Crippen LogP contribution is -2.33. The number of imidazole rings is 1. The second-order valence-corrected chi connectivity index (χ2v) is 4.81. The Morgan fingerprint density at radius 1 is 1.15 bits per heavy atom. The van der Waals surface area contributed by atoms with Crippen molar-refractivity contribution in [3.8, 4) is 0 Å². The van der Waals surface area contributed by atoms with Gasteiger partial charge in [0.2, 0.25) is 5.91 Å². The van der Waals surface area contributed by atoms with Crippen molar-refractivity contribution in [1.82, 2.24) is 14.5 Å². The van der Waals surface area contributed by atoms with Crippen LogP contribution in [0.15, 0.2) is 29.1 Å². The van der Waals surface area contributed by atoms with Gasteiger partial charge in [-0.3, -0.25) is 13.9 Å². The van der Waals surface area contributed by atoms with Crippen LogP contribution in [0.25, 0.3) is 11.0 Å². The number of nitrogens with one attached hydrogen (secondary N) is 1. The van der Waals surface area contributed by atoms with Crippen molar-refractivity contribution in [2.24, 2.45) is 0 Å². The predicted octanol–water partition coefficient (Wildman–Crippen LogP) is 1.74. The summed E-state index contributed by atoms with van der Waals surface area (Å²) in [7, 11) is 0. The monoisotopic (exact) mass is 275 g/mol. The summed E-state index contributed by atoms with van der Waals surface area (Å²) in [4.78, 5) is 24.2. The van der Waals surface area contributed by atoms with Gasteiger partial charge < -0.3 is 5.32 Å². The summed E-state index contributed by atoms with van der Waals surface area (Å²) < 4.78 is 3.23. The van der Waals surface area contributed by atoms with E-state index in [2.05, 4.69) is 12.2 Å². The summed E-state index contributed by atoms with van der Waals surface area (Å²) in [5.74, 6) is -0.112. The summed E-state index contributed by atoms with van der Waals surface area (Å²) in [5, 5.41) is 2.84. The highest BCUT2D eigenvalue weighted by Crippen LogP contribution is 2.12. The van der Waals surface area contributed by atoms with E-state index in [1.54, 1.807) is 9.13 Å². The van der Waals surface area contributed by atoms with Crippen LogP contribution in [0.4, 0.5) is 0 Å². The Morgan fingerprint density at radius 2 is 1.80 bits per heavy atom. The maximum atomic E-state index is 12.3. The quantitative estimate of drug-likeness (QED) is 0.816. The third-order valence-corrected chi connectivity index (χ3v) is 3.40. The molecule has 1 heterocycles. The average Bonchev–Trinajstić information content (AvgIpc) is 2.72. The molecule has 1 N–H and O–H groups in total. The largest absolute Gasteiger partial charge is 0.355 e. The van der Waals surface area contributed by atoms with Crippen LogP contribution in [-0.4, -0.2) is 21.6 Å². The molecule has 1 amide bonds. The van der Waals surface area contributed by atoms with Crippen LogP contribution in [0.2, 0.25) is 0 Å². The number of aromatic nitrogens is 2. The average molecular weight is 275 g/mol. The second kappa shape index (κ2) is 6.41. The van der Waals surface area contributed by atoms with Crippen molar-refractivity contribution in [2.45, 2.75) is 39.8 Å². The summed E-state index contributed by atoms with van der Waals surface area (Å²) in [6.45, 7) is 5.35. The molecule has 0 aliphatic heterocycles. The smallest absolute Gasteiger partial charge is 0.329 e. The maximum Gasteiger partial charge on any atom is 0.329 e. The highest BCUT2D eigenvalue weighted by Gasteiger charge is 2.13. The van der Waals surface area contributed by atoms with Crippen LogP contribution < -0.4 is 11.0 Å². The lowest BCUT2D eigenvalue weighted by atomic mass is 10.3. The van der Waals surface area contributed by atoms with Crippen molar-refractivity contribution in [3.63, 3.8) is 0 Å². The molecule has 2 rings (SSSR count). The van der Waals surface area contributed by atoms with Crippen molar-refractivity contribution in [2.75, 3.05) is 6.54 Å². The number of nitrogens with zero attached hydrogens (tertiary/aromatic N) is 2. The fourth-order valence-electron chi connectivity index (χ4n) is 2.33. The van der Waals surface area contributed by atoms with Gasteiger partial charge in [-0.1, -0.05) is 25.5 Å². The summed E-state index contributed by atoms with van der Waals surface area (Å²) >= 11 is 0. The van der Waals surface area contributed by atoms with Gasteiger partial charge in [0, 0.05) is 13.1 Å². The number of aryl methyl sites for hydroxylation is 1. The number of amides is 1. The lowest BCUT2D eigenvalue weighted by Gasteiger charge is -2.05. The van der Waals surface area contributed by atoms with Crippen LogP contribution in [0.5, 0.6) is 0 Å². The van der Waals surface area contributed by atoms with Crippen molar-refractivity contribution < 1.29 is 4.79 Å². The van der Waals surface area contributed by atoms with Gasteiger partial charge in [0.25, 0.3) is 0 Å². The van der Waals surface area contributed by atoms with Gasteiger partial charge in [0.15, 0.2) is 0 Å². The first-order chi connectivity index (χ1) is 9.69. The first kappa shape index (κ1) is 14.4. The fraction of sp³-hybridized carbons (Fsp3) is 0.467. The molecule has 0 radical (unpaired) electrons. The molecule has 0 bridgehead atoms. The summed E-state index contributed by atoms with van der Waals surface area (Å²) in [6, 6.07) is 7.57. The highest BCUT2D eigenvalue weighted by atomic mass is 16.2. The minimum atomic E-state index is -0.126. The fourth-order valence-corrected chi connectivity index (χ4v) is 2.33. The van der Waals surface area contributed by atoms with Crippen molar-refractivity contribution >= 4 is 16.9 Å². The molecule has 2 aromatic rings. The van der Waals surface area contributed by atoms with Crippen LogP contribution in [0.1, 0.15) is 26.7 Å². The topological polar surface area (TPSA) is 56.0 Å². The minimum absolute atomic E-state index is 0.0794. The lowest BCUT2D eigenvalue weighted by molar-refractivity contribution is -0.121. The van der Waals surface area contributed by atoms with Gasteiger partial charge in [-0.15, -0.1) is 0 Å². The van der Waals surface area contributed by atoms with E-state index in [1.807, 2.05) is 31.2 Å². The Labute approximate surface area is 118 Å². The van der Waals surface area contributed by atoms with Crippen LogP contribution in [0.3, 0.4) is 0 Å².